The van der Waals surface area contributed by atoms with Crippen molar-refractivity contribution in [3.63, 3.8) is 0 Å². The van der Waals surface area contributed by atoms with E-state index < -0.39 is 0 Å². The third kappa shape index (κ3) is 5.22. The van der Waals surface area contributed by atoms with Gasteiger partial charge < -0.3 is 10.1 Å². The lowest BCUT2D eigenvalue weighted by Crippen LogP contribution is -2.27. The minimum absolute atomic E-state index is 0.166. The summed E-state index contributed by atoms with van der Waals surface area (Å²) in [5.74, 6) is 0.854. The zero-order valence-corrected chi connectivity index (χ0v) is 12.4. The fourth-order valence-electron chi connectivity index (χ4n) is 2.29. The van der Waals surface area contributed by atoms with Crippen LogP contribution in [0.3, 0.4) is 0 Å². The molecule has 1 aliphatic heterocycles. The molecule has 1 fully saturated rings. The van der Waals surface area contributed by atoms with Crippen LogP contribution in [0.2, 0.25) is 10.4 Å². The van der Waals surface area contributed by atoms with Crippen LogP contribution in [0, 0.1) is 5.92 Å². The van der Waals surface area contributed by atoms with E-state index in [1.165, 1.54) is 19.3 Å². The highest BCUT2D eigenvalue weighted by Gasteiger charge is 2.12. The number of aromatic nitrogens is 2. The van der Waals surface area contributed by atoms with E-state index in [4.69, 9.17) is 27.9 Å². The highest BCUT2D eigenvalue weighted by atomic mass is 35.5. The standard InChI is InChI=1S/C13H19Cl2N3O/c14-12-11(8-17-13(15)18-12)9-19-7-1-2-10-3-5-16-6-4-10/h8,10,16H,1-7,9H2. The SMILES string of the molecule is Clc1ncc(COCCCC2CCNCC2)c(Cl)n1. The normalized spacial score (nSPS) is 16.7. The lowest BCUT2D eigenvalue weighted by atomic mass is 9.93. The van der Waals surface area contributed by atoms with Crippen molar-refractivity contribution in [2.24, 2.45) is 5.92 Å². The molecule has 0 saturated carbocycles. The fraction of sp³-hybridized carbons (Fsp3) is 0.692. The predicted octanol–water partition coefficient (Wildman–Crippen LogP) is 3.08. The van der Waals surface area contributed by atoms with Gasteiger partial charge in [-0.25, -0.2) is 9.97 Å². The first kappa shape index (κ1) is 15.0. The summed E-state index contributed by atoms with van der Waals surface area (Å²) in [6.07, 6.45) is 6.53. The van der Waals surface area contributed by atoms with Crippen molar-refractivity contribution < 1.29 is 4.74 Å². The molecule has 106 valence electrons. The maximum atomic E-state index is 5.94. The Balaban J connectivity index is 1.61. The lowest BCUT2D eigenvalue weighted by Gasteiger charge is -2.22. The molecule has 4 nitrogen and oxygen atoms in total. The Kier molecular flexibility index (Phi) is 6.31. The molecule has 0 aromatic carbocycles. The molecular weight excluding hydrogens is 285 g/mol. The monoisotopic (exact) mass is 303 g/mol. The Hall–Kier alpha value is -0.420. The van der Waals surface area contributed by atoms with Crippen LogP contribution in [0.1, 0.15) is 31.2 Å². The quantitative estimate of drug-likeness (QED) is 0.498. The Morgan fingerprint density at radius 3 is 2.84 bits per heavy atom. The maximum Gasteiger partial charge on any atom is 0.223 e. The molecule has 0 unspecified atom stereocenters. The van der Waals surface area contributed by atoms with Crippen LogP contribution in [0.15, 0.2) is 6.20 Å². The second-order valence-electron chi connectivity index (χ2n) is 4.84. The van der Waals surface area contributed by atoms with Gasteiger partial charge >= 0.3 is 0 Å². The summed E-state index contributed by atoms with van der Waals surface area (Å²) in [7, 11) is 0. The molecule has 19 heavy (non-hydrogen) atoms. The summed E-state index contributed by atoms with van der Waals surface area (Å²) < 4.78 is 5.61. The number of halogens is 2. The van der Waals surface area contributed by atoms with Crippen LogP contribution in [0.25, 0.3) is 0 Å². The van der Waals surface area contributed by atoms with E-state index in [0.29, 0.717) is 11.8 Å². The predicted molar refractivity (Wildman–Crippen MR) is 76.5 cm³/mol. The van der Waals surface area contributed by atoms with Crippen molar-refractivity contribution in [3.05, 3.63) is 22.2 Å². The molecule has 6 heteroatoms. The zero-order chi connectivity index (χ0) is 13.5. The number of nitrogens with zero attached hydrogens (tertiary/aromatic N) is 2. The molecule has 0 atom stereocenters. The smallest absolute Gasteiger partial charge is 0.223 e. The molecule has 0 radical (unpaired) electrons. The van der Waals surface area contributed by atoms with Crippen molar-refractivity contribution in [2.75, 3.05) is 19.7 Å². The molecule has 0 bridgehead atoms. The van der Waals surface area contributed by atoms with E-state index in [1.54, 1.807) is 6.20 Å². The Bertz CT molecular complexity index is 397. The van der Waals surface area contributed by atoms with Crippen LogP contribution in [0.4, 0.5) is 0 Å². The first-order chi connectivity index (χ1) is 9.25. The lowest BCUT2D eigenvalue weighted by molar-refractivity contribution is 0.112. The molecule has 0 spiro atoms. The first-order valence-corrected chi connectivity index (χ1v) is 7.46. The molecule has 0 amide bonds. The van der Waals surface area contributed by atoms with E-state index in [-0.39, 0.29) is 5.28 Å². The number of rotatable bonds is 6. The van der Waals surface area contributed by atoms with Gasteiger partial charge in [-0.05, 0) is 56.3 Å². The van der Waals surface area contributed by atoms with Crippen molar-refractivity contribution in [2.45, 2.75) is 32.3 Å². The van der Waals surface area contributed by atoms with E-state index in [1.807, 2.05) is 0 Å². The Morgan fingerprint density at radius 1 is 1.32 bits per heavy atom. The van der Waals surface area contributed by atoms with Crippen molar-refractivity contribution >= 4 is 23.2 Å². The van der Waals surface area contributed by atoms with Gasteiger partial charge in [0, 0.05) is 18.4 Å². The third-order valence-electron chi connectivity index (χ3n) is 3.40. The molecule has 2 heterocycles. The average Bonchev–Trinajstić information content (AvgIpc) is 2.42. The van der Waals surface area contributed by atoms with Gasteiger partial charge in [0.1, 0.15) is 5.15 Å². The summed E-state index contributed by atoms with van der Waals surface area (Å²) in [5, 5.41) is 3.92. The van der Waals surface area contributed by atoms with Gasteiger partial charge in [0.15, 0.2) is 0 Å². The minimum atomic E-state index is 0.166. The van der Waals surface area contributed by atoms with Crippen LogP contribution in [-0.4, -0.2) is 29.7 Å². The zero-order valence-electron chi connectivity index (χ0n) is 10.9. The van der Waals surface area contributed by atoms with Gasteiger partial charge in [-0.2, -0.15) is 0 Å². The number of piperidine rings is 1. The average molecular weight is 304 g/mol. The Morgan fingerprint density at radius 2 is 2.11 bits per heavy atom. The minimum Gasteiger partial charge on any atom is -0.377 e. The molecule has 1 aliphatic rings. The second-order valence-corrected chi connectivity index (χ2v) is 5.54. The Labute approximate surface area is 123 Å². The van der Waals surface area contributed by atoms with Gasteiger partial charge in [0.25, 0.3) is 0 Å². The molecule has 1 N–H and O–H groups in total. The van der Waals surface area contributed by atoms with E-state index in [2.05, 4.69) is 15.3 Å². The topological polar surface area (TPSA) is 47.0 Å². The number of nitrogens with one attached hydrogen (secondary N) is 1. The van der Waals surface area contributed by atoms with Crippen molar-refractivity contribution in [1.82, 2.24) is 15.3 Å². The van der Waals surface area contributed by atoms with Gasteiger partial charge in [-0.1, -0.05) is 11.6 Å². The van der Waals surface area contributed by atoms with E-state index in [0.717, 1.165) is 37.6 Å². The summed E-state index contributed by atoms with van der Waals surface area (Å²) in [4.78, 5) is 7.77. The molecule has 2 rings (SSSR count). The molecule has 1 aromatic rings. The van der Waals surface area contributed by atoms with Gasteiger partial charge in [-0.3, -0.25) is 0 Å². The van der Waals surface area contributed by atoms with Gasteiger partial charge in [0.05, 0.1) is 6.61 Å². The summed E-state index contributed by atoms with van der Waals surface area (Å²) in [5.41, 5.74) is 0.785. The highest BCUT2D eigenvalue weighted by Crippen LogP contribution is 2.18. The van der Waals surface area contributed by atoms with Gasteiger partial charge in [-0.15, -0.1) is 0 Å². The molecule has 1 aromatic heterocycles. The van der Waals surface area contributed by atoms with E-state index in [9.17, 15) is 0 Å². The van der Waals surface area contributed by atoms with Gasteiger partial charge in [0.2, 0.25) is 5.28 Å². The molecule has 1 saturated heterocycles. The van der Waals surface area contributed by atoms with Crippen LogP contribution in [0.5, 0.6) is 0 Å². The number of hydrogen-bond acceptors (Lipinski definition) is 4. The number of hydrogen-bond donors (Lipinski definition) is 1. The number of ether oxygens (including phenoxy) is 1. The summed E-state index contributed by atoms with van der Waals surface area (Å²) >= 11 is 11.6. The second kappa shape index (κ2) is 8.00. The summed E-state index contributed by atoms with van der Waals surface area (Å²) in [6.45, 7) is 3.51. The van der Waals surface area contributed by atoms with Crippen molar-refractivity contribution in [1.29, 1.82) is 0 Å². The fourth-order valence-corrected chi connectivity index (χ4v) is 2.65. The molecule has 0 aliphatic carbocycles. The highest BCUT2D eigenvalue weighted by molar-refractivity contribution is 6.32. The molecular formula is C13H19Cl2N3O. The van der Waals surface area contributed by atoms with Crippen molar-refractivity contribution in [3.8, 4) is 0 Å². The third-order valence-corrected chi connectivity index (χ3v) is 3.91. The van der Waals surface area contributed by atoms with Crippen LogP contribution in [-0.2, 0) is 11.3 Å². The summed E-state index contributed by atoms with van der Waals surface area (Å²) in [6, 6.07) is 0. The van der Waals surface area contributed by atoms with E-state index >= 15 is 0 Å². The largest absolute Gasteiger partial charge is 0.377 e. The first-order valence-electron chi connectivity index (χ1n) is 6.71. The van der Waals surface area contributed by atoms with Crippen LogP contribution < -0.4 is 5.32 Å². The van der Waals surface area contributed by atoms with Crippen LogP contribution >= 0.6 is 23.2 Å². The maximum absolute atomic E-state index is 5.94.